The molecule has 0 saturated heterocycles. The van der Waals surface area contributed by atoms with Crippen LogP contribution in [0.4, 0.5) is 4.39 Å². The highest BCUT2D eigenvalue weighted by atomic mass is 35.5. The van der Waals surface area contributed by atoms with E-state index in [2.05, 4.69) is 34.7 Å². The topological polar surface area (TPSA) is 46.9 Å². The fourth-order valence-corrected chi connectivity index (χ4v) is 4.67. The lowest BCUT2D eigenvalue weighted by atomic mass is 9.88. The largest absolute Gasteiger partial charge is 0.351 e. The highest BCUT2D eigenvalue weighted by Gasteiger charge is 2.20. The molecule has 0 bridgehead atoms. The van der Waals surface area contributed by atoms with Crippen molar-refractivity contribution in [2.24, 2.45) is 0 Å². The first kappa shape index (κ1) is 24.5. The van der Waals surface area contributed by atoms with E-state index < -0.39 is 0 Å². The molecule has 5 aromatic rings. The summed E-state index contributed by atoms with van der Waals surface area (Å²) in [4.78, 5) is 13.4. The van der Waals surface area contributed by atoms with Crippen LogP contribution in [0.3, 0.4) is 0 Å². The van der Waals surface area contributed by atoms with Crippen LogP contribution in [0.1, 0.15) is 34.0 Å². The van der Waals surface area contributed by atoms with Crippen molar-refractivity contribution in [1.82, 2.24) is 15.1 Å². The van der Waals surface area contributed by atoms with Crippen LogP contribution in [0.2, 0.25) is 5.02 Å². The molecule has 4 nitrogen and oxygen atoms in total. The Hall–Kier alpha value is -4.22. The Morgan fingerprint density at radius 1 is 0.838 bits per heavy atom. The van der Waals surface area contributed by atoms with Crippen LogP contribution in [0.5, 0.6) is 0 Å². The molecular weight excluding hydrogens is 485 g/mol. The summed E-state index contributed by atoms with van der Waals surface area (Å²) in [6.45, 7) is 0.462. The van der Waals surface area contributed by atoms with Crippen LogP contribution in [-0.4, -0.2) is 22.2 Å². The second-order valence-corrected chi connectivity index (χ2v) is 9.11. The lowest BCUT2D eigenvalue weighted by molar-refractivity contribution is 0.0945. The maximum absolute atomic E-state index is 13.6. The first-order chi connectivity index (χ1) is 18.1. The van der Waals surface area contributed by atoms with Crippen molar-refractivity contribution in [2.75, 3.05) is 6.54 Å². The molecule has 5 rings (SSSR count). The summed E-state index contributed by atoms with van der Waals surface area (Å²) in [6.07, 6.45) is 0.724. The van der Waals surface area contributed by atoms with Crippen molar-refractivity contribution in [3.05, 3.63) is 143 Å². The zero-order chi connectivity index (χ0) is 25.6. The van der Waals surface area contributed by atoms with E-state index in [1.807, 2.05) is 54.6 Å². The van der Waals surface area contributed by atoms with Crippen LogP contribution in [0.15, 0.2) is 115 Å². The highest BCUT2D eigenvalue weighted by molar-refractivity contribution is 6.33. The average molecular weight is 510 g/mol. The molecule has 0 atom stereocenters. The fourth-order valence-electron chi connectivity index (χ4n) is 4.44. The van der Waals surface area contributed by atoms with Crippen molar-refractivity contribution in [1.29, 1.82) is 0 Å². The third-order valence-electron chi connectivity index (χ3n) is 6.29. The minimum Gasteiger partial charge on any atom is -0.351 e. The third-order valence-corrected chi connectivity index (χ3v) is 6.62. The molecule has 0 aliphatic carbocycles. The summed E-state index contributed by atoms with van der Waals surface area (Å²) < 4.78 is 15.1. The van der Waals surface area contributed by atoms with E-state index in [0.29, 0.717) is 34.2 Å². The minimum atomic E-state index is -0.360. The van der Waals surface area contributed by atoms with E-state index in [4.69, 9.17) is 11.6 Å². The summed E-state index contributed by atoms with van der Waals surface area (Å²) in [7, 11) is 0. The van der Waals surface area contributed by atoms with Gasteiger partial charge in [0.25, 0.3) is 5.91 Å². The molecule has 184 valence electrons. The number of nitrogens with zero attached hydrogens (tertiary/aromatic N) is 2. The zero-order valence-corrected chi connectivity index (χ0v) is 20.8. The van der Waals surface area contributed by atoms with E-state index in [0.717, 1.165) is 6.42 Å². The van der Waals surface area contributed by atoms with Crippen LogP contribution in [0, 0.1) is 5.82 Å². The molecule has 37 heavy (non-hydrogen) atoms. The van der Waals surface area contributed by atoms with Crippen molar-refractivity contribution in [2.45, 2.75) is 12.3 Å². The normalized spacial score (nSPS) is 11.0. The standard InChI is InChI=1S/C31H25ClFN3O/c32-28-14-8-7-13-27(28)29-21-30(36(35-29)25-17-15-24(33)16-18-25)31(37)34-20-19-26(22-9-3-1-4-10-22)23-11-5-2-6-12-23/h1-18,21,26H,19-20H2,(H,34,37). The van der Waals surface area contributed by atoms with Gasteiger partial charge in [0.15, 0.2) is 0 Å². The number of hydrogen-bond acceptors (Lipinski definition) is 2. The Morgan fingerprint density at radius 2 is 1.43 bits per heavy atom. The van der Waals surface area contributed by atoms with Gasteiger partial charge in [0.2, 0.25) is 0 Å². The second-order valence-electron chi connectivity index (χ2n) is 8.70. The maximum atomic E-state index is 13.6. The van der Waals surface area contributed by atoms with Crippen LogP contribution < -0.4 is 5.32 Å². The van der Waals surface area contributed by atoms with Gasteiger partial charge in [-0.25, -0.2) is 9.07 Å². The summed E-state index contributed by atoms with van der Waals surface area (Å²) in [5, 5.41) is 8.25. The van der Waals surface area contributed by atoms with Gasteiger partial charge in [-0.2, -0.15) is 5.10 Å². The van der Waals surface area contributed by atoms with Gasteiger partial charge in [0.05, 0.1) is 16.4 Å². The lowest BCUT2D eigenvalue weighted by Crippen LogP contribution is -2.28. The van der Waals surface area contributed by atoms with E-state index in [1.165, 1.54) is 27.9 Å². The number of rotatable bonds is 8. The lowest BCUT2D eigenvalue weighted by Gasteiger charge is -2.18. The molecule has 0 radical (unpaired) electrons. The predicted molar refractivity (Wildman–Crippen MR) is 146 cm³/mol. The highest BCUT2D eigenvalue weighted by Crippen LogP contribution is 2.29. The molecule has 0 saturated carbocycles. The zero-order valence-electron chi connectivity index (χ0n) is 20.0. The maximum Gasteiger partial charge on any atom is 0.270 e. The molecule has 1 amide bonds. The monoisotopic (exact) mass is 509 g/mol. The number of benzene rings is 4. The quantitative estimate of drug-likeness (QED) is 0.239. The van der Waals surface area contributed by atoms with Gasteiger partial charge in [0, 0.05) is 18.0 Å². The first-order valence-electron chi connectivity index (χ1n) is 12.1. The van der Waals surface area contributed by atoms with Crippen molar-refractivity contribution < 1.29 is 9.18 Å². The SMILES string of the molecule is O=C(NCCC(c1ccccc1)c1ccccc1)c1cc(-c2ccccc2Cl)nn1-c1ccc(F)cc1. The summed E-state index contributed by atoms with van der Waals surface area (Å²) in [5.41, 5.74) is 4.59. The van der Waals surface area contributed by atoms with Gasteiger partial charge in [-0.3, -0.25) is 4.79 Å². The van der Waals surface area contributed by atoms with Crippen molar-refractivity contribution >= 4 is 17.5 Å². The Kier molecular flexibility index (Phi) is 7.43. The van der Waals surface area contributed by atoms with Gasteiger partial charge in [-0.05, 0) is 53.9 Å². The predicted octanol–water partition coefficient (Wildman–Crippen LogP) is 7.28. The number of carbonyl (C=O) groups is 1. The second kappa shape index (κ2) is 11.2. The molecule has 0 fully saturated rings. The molecular formula is C31H25ClFN3O. The molecule has 0 spiro atoms. The molecule has 1 aromatic heterocycles. The van der Waals surface area contributed by atoms with Crippen molar-refractivity contribution in [3.8, 4) is 16.9 Å². The third kappa shape index (κ3) is 5.63. The molecule has 0 unspecified atom stereocenters. The van der Waals surface area contributed by atoms with Gasteiger partial charge >= 0.3 is 0 Å². The molecule has 0 aliphatic rings. The molecule has 4 aromatic carbocycles. The summed E-state index contributed by atoms with van der Waals surface area (Å²) in [6, 6.07) is 35.5. The average Bonchev–Trinajstić information content (AvgIpc) is 3.38. The Bertz CT molecular complexity index is 1440. The Labute approximate surface area is 220 Å². The van der Waals surface area contributed by atoms with Crippen LogP contribution >= 0.6 is 11.6 Å². The van der Waals surface area contributed by atoms with Gasteiger partial charge < -0.3 is 5.32 Å². The van der Waals surface area contributed by atoms with Crippen molar-refractivity contribution in [3.63, 3.8) is 0 Å². The number of halogens is 2. The molecule has 0 aliphatic heterocycles. The summed E-state index contributed by atoms with van der Waals surface area (Å²) in [5.74, 6) is -0.487. The summed E-state index contributed by atoms with van der Waals surface area (Å²) >= 11 is 6.40. The molecule has 1 N–H and O–H groups in total. The number of aromatic nitrogens is 2. The smallest absolute Gasteiger partial charge is 0.270 e. The number of amides is 1. The van der Waals surface area contributed by atoms with E-state index in [1.54, 1.807) is 24.3 Å². The minimum absolute atomic E-state index is 0.142. The first-order valence-corrected chi connectivity index (χ1v) is 12.5. The number of carbonyl (C=O) groups excluding carboxylic acids is 1. The van der Waals surface area contributed by atoms with Gasteiger partial charge in [-0.1, -0.05) is 90.5 Å². The van der Waals surface area contributed by atoms with Gasteiger partial charge in [-0.15, -0.1) is 0 Å². The fraction of sp³-hybridized carbons (Fsp3) is 0.0968. The van der Waals surface area contributed by atoms with E-state index >= 15 is 0 Å². The Morgan fingerprint density at radius 3 is 2.05 bits per heavy atom. The molecule has 1 heterocycles. The van der Waals surface area contributed by atoms with Crippen LogP contribution in [0.25, 0.3) is 16.9 Å². The number of nitrogens with one attached hydrogen (secondary N) is 1. The van der Waals surface area contributed by atoms with Crippen LogP contribution in [-0.2, 0) is 0 Å². The van der Waals surface area contributed by atoms with E-state index in [-0.39, 0.29) is 17.6 Å². The Balaban J connectivity index is 1.41. The molecule has 6 heteroatoms. The van der Waals surface area contributed by atoms with E-state index in [9.17, 15) is 9.18 Å². The number of hydrogen-bond donors (Lipinski definition) is 1. The van der Waals surface area contributed by atoms with Gasteiger partial charge in [0.1, 0.15) is 11.5 Å².